The van der Waals surface area contributed by atoms with Crippen LogP contribution in [0.2, 0.25) is 0 Å². The Bertz CT molecular complexity index is 724. The molecule has 0 radical (unpaired) electrons. The van der Waals surface area contributed by atoms with Crippen molar-refractivity contribution in [3.05, 3.63) is 35.9 Å². The van der Waals surface area contributed by atoms with Crippen LogP contribution in [0.4, 0.5) is 5.69 Å². The van der Waals surface area contributed by atoms with E-state index in [-0.39, 0.29) is 17.2 Å². The van der Waals surface area contributed by atoms with Crippen LogP contribution in [0.25, 0.3) is 0 Å². The molecule has 0 aliphatic carbocycles. The molecule has 0 bridgehead atoms. The van der Waals surface area contributed by atoms with E-state index in [2.05, 4.69) is 24.4 Å². The van der Waals surface area contributed by atoms with Crippen LogP contribution in [0.5, 0.6) is 5.75 Å². The zero-order valence-corrected chi connectivity index (χ0v) is 20.3. The number of carbonyl (C=O) groups is 2. The van der Waals surface area contributed by atoms with Crippen LogP contribution in [0, 0.1) is 5.41 Å². The highest BCUT2D eigenvalue weighted by Crippen LogP contribution is 2.28. The van der Waals surface area contributed by atoms with Crippen LogP contribution < -0.4 is 5.32 Å². The monoisotopic (exact) mass is 445 g/mol. The average Bonchev–Trinajstić information content (AvgIpc) is 2.75. The van der Waals surface area contributed by atoms with Gasteiger partial charge in [0.15, 0.2) is 0 Å². The number of carbonyl (C=O) groups excluding carboxylic acids is 1. The SMILES string of the molecule is CCCCCCCCC=CCCCCCCC(C)(C)C(=O)Nc1ccc(O)c(C(=O)O)c1. The van der Waals surface area contributed by atoms with Crippen molar-refractivity contribution in [3.8, 4) is 5.75 Å². The minimum absolute atomic E-state index is 0.142. The predicted octanol–water partition coefficient (Wildman–Crippen LogP) is 7.70. The van der Waals surface area contributed by atoms with Crippen molar-refractivity contribution >= 4 is 17.6 Å². The van der Waals surface area contributed by atoms with Crippen molar-refractivity contribution in [2.24, 2.45) is 5.41 Å². The number of anilines is 1. The quantitative estimate of drug-likeness (QED) is 0.130. The molecule has 0 unspecified atom stereocenters. The van der Waals surface area contributed by atoms with Gasteiger partial charge in [0.1, 0.15) is 11.3 Å². The molecule has 32 heavy (non-hydrogen) atoms. The standard InChI is InChI=1S/C27H43NO4/c1-4-5-6-7-8-9-10-11-12-13-14-15-16-17-20-27(2,3)26(32)28-22-18-19-24(29)23(21-22)25(30)31/h11-12,18-19,21,29H,4-10,13-17,20H2,1-3H3,(H,28,32)(H,30,31). The molecule has 1 amide bonds. The second-order valence-electron chi connectivity index (χ2n) is 9.36. The first-order chi connectivity index (χ1) is 15.3. The summed E-state index contributed by atoms with van der Waals surface area (Å²) in [6.07, 6.45) is 20.2. The fourth-order valence-electron chi connectivity index (χ4n) is 3.66. The van der Waals surface area contributed by atoms with Crippen molar-refractivity contribution in [2.75, 3.05) is 5.32 Å². The number of rotatable bonds is 17. The van der Waals surface area contributed by atoms with Crippen molar-refractivity contribution in [1.82, 2.24) is 0 Å². The maximum absolute atomic E-state index is 12.6. The lowest BCUT2D eigenvalue weighted by Gasteiger charge is -2.23. The normalized spacial score (nSPS) is 11.7. The Balaban J connectivity index is 2.19. The van der Waals surface area contributed by atoms with Crippen molar-refractivity contribution in [2.45, 2.75) is 104 Å². The molecule has 0 aliphatic rings. The van der Waals surface area contributed by atoms with E-state index in [1.165, 1.54) is 76.0 Å². The van der Waals surface area contributed by atoms with E-state index in [0.717, 1.165) is 25.7 Å². The summed E-state index contributed by atoms with van der Waals surface area (Å²) >= 11 is 0. The Morgan fingerprint density at radius 2 is 1.47 bits per heavy atom. The third-order valence-corrected chi connectivity index (χ3v) is 5.91. The number of phenols is 1. The summed E-state index contributed by atoms with van der Waals surface area (Å²) in [5.74, 6) is -1.68. The molecule has 0 aromatic heterocycles. The molecule has 0 atom stereocenters. The van der Waals surface area contributed by atoms with Gasteiger partial charge in [-0.15, -0.1) is 0 Å². The molecule has 0 aliphatic heterocycles. The Labute approximate surface area is 194 Å². The number of amides is 1. The number of aromatic hydroxyl groups is 1. The number of carboxylic acid groups (broad SMARTS) is 1. The number of benzene rings is 1. The molecule has 0 saturated heterocycles. The third-order valence-electron chi connectivity index (χ3n) is 5.91. The highest BCUT2D eigenvalue weighted by Gasteiger charge is 2.27. The maximum Gasteiger partial charge on any atom is 0.339 e. The summed E-state index contributed by atoms with van der Waals surface area (Å²) in [6.45, 7) is 6.07. The molecule has 0 saturated carbocycles. The molecular weight excluding hydrogens is 402 g/mol. The molecule has 0 spiro atoms. The number of unbranched alkanes of at least 4 members (excludes halogenated alkanes) is 10. The number of allylic oxidation sites excluding steroid dienone is 2. The highest BCUT2D eigenvalue weighted by molar-refractivity contribution is 5.97. The second-order valence-corrected chi connectivity index (χ2v) is 9.36. The van der Waals surface area contributed by atoms with Crippen LogP contribution in [0.15, 0.2) is 30.4 Å². The van der Waals surface area contributed by atoms with Crippen LogP contribution in [-0.4, -0.2) is 22.1 Å². The number of hydrogen-bond donors (Lipinski definition) is 3. The van der Waals surface area contributed by atoms with Crippen molar-refractivity contribution in [1.29, 1.82) is 0 Å². The number of carboxylic acids is 1. The van der Waals surface area contributed by atoms with Gasteiger partial charge in [0.05, 0.1) is 0 Å². The fourth-order valence-corrected chi connectivity index (χ4v) is 3.66. The molecule has 180 valence electrons. The Morgan fingerprint density at radius 3 is 2.06 bits per heavy atom. The maximum atomic E-state index is 12.6. The van der Waals surface area contributed by atoms with E-state index in [4.69, 9.17) is 5.11 Å². The van der Waals surface area contributed by atoms with E-state index in [1.807, 2.05) is 13.8 Å². The Hall–Kier alpha value is -2.30. The van der Waals surface area contributed by atoms with Gasteiger partial charge in [-0.1, -0.05) is 84.3 Å². The average molecular weight is 446 g/mol. The van der Waals surface area contributed by atoms with E-state index < -0.39 is 11.4 Å². The Kier molecular flexibility index (Phi) is 13.4. The van der Waals surface area contributed by atoms with Crippen LogP contribution in [-0.2, 0) is 4.79 Å². The highest BCUT2D eigenvalue weighted by atomic mass is 16.4. The minimum atomic E-state index is -1.23. The van der Waals surface area contributed by atoms with E-state index in [9.17, 15) is 14.7 Å². The first-order valence-electron chi connectivity index (χ1n) is 12.3. The topological polar surface area (TPSA) is 86.6 Å². The lowest BCUT2D eigenvalue weighted by molar-refractivity contribution is -0.124. The first-order valence-corrected chi connectivity index (χ1v) is 12.3. The van der Waals surface area contributed by atoms with Crippen LogP contribution in [0.1, 0.15) is 115 Å². The lowest BCUT2D eigenvalue weighted by atomic mass is 9.85. The number of hydrogen-bond acceptors (Lipinski definition) is 3. The van der Waals surface area contributed by atoms with Gasteiger partial charge in [0, 0.05) is 11.1 Å². The van der Waals surface area contributed by atoms with E-state index in [1.54, 1.807) is 0 Å². The fraction of sp³-hybridized carbons (Fsp3) is 0.630. The molecule has 5 heteroatoms. The molecule has 5 nitrogen and oxygen atoms in total. The van der Waals surface area contributed by atoms with Gasteiger partial charge >= 0.3 is 5.97 Å². The van der Waals surface area contributed by atoms with Crippen LogP contribution in [0.3, 0.4) is 0 Å². The predicted molar refractivity (Wildman–Crippen MR) is 132 cm³/mol. The molecule has 1 rings (SSSR count). The van der Waals surface area contributed by atoms with Gasteiger partial charge < -0.3 is 15.5 Å². The molecule has 3 N–H and O–H groups in total. The number of nitrogens with one attached hydrogen (secondary N) is 1. The Morgan fingerprint density at radius 1 is 0.906 bits per heavy atom. The van der Waals surface area contributed by atoms with Gasteiger partial charge in [0.25, 0.3) is 0 Å². The zero-order chi connectivity index (χ0) is 23.8. The first kappa shape index (κ1) is 27.7. The van der Waals surface area contributed by atoms with Gasteiger partial charge in [0.2, 0.25) is 5.91 Å². The van der Waals surface area contributed by atoms with Crippen molar-refractivity contribution < 1.29 is 19.8 Å². The largest absolute Gasteiger partial charge is 0.507 e. The van der Waals surface area contributed by atoms with Gasteiger partial charge in [-0.2, -0.15) is 0 Å². The lowest BCUT2D eigenvalue weighted by Crippen LogP contribution is -2.30. The molecular formula is C27H43NO4. The summed E-state index contributed by atoms with van der Waals surface area (Å²) in [6, 6.07) is 4.08. The summed E-state index contributed by atoms with van der Waals surface area (Å²) in [5, 5.41) is 21.5. The zero-order valence-electron chi connectivity index (χ0n) is 20.3. The summed E-state index contributed by atoms with van der Waals surface area (Å²) in [4.78, 5) is 23.8. The van der Waals surface area contributed by atoms with Crippen molar-refractivity contribution in [3.63, 3.8) is 0 Å². The van der Waals surface area contributed by atoms with Gasteiger partial charge in [-0.3, -0.25) is 4.79 Å². The molecule has 0 fully saturated rings. The second kappa shape index (κ2) is 15.5. The summed E-state index contributed by atoms with van der Waals surface area (Å²) in [5.41, 5.74) is -0.383. The molecule has 0 heterocycles. The molecule has 1 aromatic rings. The van der Waals surface area contributed by atoms with E-state index in [0.29, 0.717) is 5.69 Å². The van der Waals surface area contributed by atoms with Gasteiger partial charge in [-0.25, -0.2) is 4.79 Å². The van der Waals surface area contributed by atoms with Gasteiger partial charge in [-0.05, 0) is 50.3 Å². The molecule has 1 aromatic carbocycles. The third kappa shape index (κ3) is 11.4. The van der Waals surface area contributed by atoms with E-state index >= 15 is 0 Å². The smallest absolute Gasteiger partial charge is 0.339 e. The minimum Gasteiger partial charge on any atom is -0.507 e. The number of aromatic carboxylic acids is 1. The summed E-state index contributed by atoms with van der Waals surface area (Å²) in [7, 11) is 0. The summed E-state index contributed by atoms with van der Waals surface area (Å²) < 4.78 is 0. The van der Waals surface area contributed by atoms with Crippen LogP contribution >= 0.6 is 0 Å².